The van der Waals surface area contributed by atoms with Gasteiger partial charge in [-0.1, -0.05) is 25.4 Å². The number of carbonyl (C=O) groups is 1. The van der Waals surface area contributed by atoms with Crippen molar-refractivity contribution < 1.29 is 9.18 Å². The van der Waals surface area contributed by atoms with Crippen LogP contribution in [-0.4, -0.2) is 40.5 Å². The van der Waals surface area contributed by atoms with Gasteiger partial charge in [-0.25, -0.2) is 14.5 Å². The molecule has 0 fully saturated rings. The summed E-state index contributed by atoms with van der Waals surface area (Å²) in [5, 5.41) is 15.2. The molecule has 158 valence electrons. The smallest absolute Gasteiger partial charge is 0.238 e. The third kappa shape index (κ3) is 3.05. The van der Waals surface area contributed by atoms with E-state index < -0.39 is 17.3 Å². The van der Waals surface area contributed by atoms with E-state index in [2.05, 4.69) is 30.6 Å². The van der Waals surface area contributed by atoms with Crippen LogP contribution in [0.4, 0.5) is 10.1 Å². The Balaban J connectivity index is 1.47. The number of pyridine rings is 1. The average Bonchev–Trinajstić information content (AvgIpc) is 3.40. The van der Waals surface area contributed by atoms with E-state index >= 15 is 0 Å². The lowest BCUT2D eigenvalue weighted by Gasteiger charge is -2.19. The lowest BCUT2D eigenvalue weighted by atomic mass is 9.88. The number of carbonyl (C=O) groups excluding carboxylic acids is 1. The van der Waals surface area contributed by atoms with E-state index in [-0.39, 0.29) is 5.91 Å². The molecule has 4 heterocycles. The van der Waals surface area contributed by atoms with Crippen LogP contribution in [0.25, 0.3) is 11.5 Å². The number of hydrogen-bond acceptors (Lipinski definition) is 6. The van der Waals surface area contributed by atoms with E-state index in [0.29, 0.717) is 34.2 Å². The van der Waals surface area contributed by atoms with Crippen LogP contribution < -0.4 is 5.32 Å². The Morgan fingerprint density at radius 1 is 1.26 bits per heavy atom. The van der Waals surface area contributed by atoms with Crippen LogP contribution in [0.5, 0.6) is 0 Å². The van der Waals surface area contributed by atoms with Gasteiger partial charge < -0.3 is 5.32 Å². The van der Waals surface area contributed by atoms with Crippen LogP contribution in [0.3, 0.4) is 0 Å². The quantitative estimate of drug-likeness (QED) is 0.524. The summed E-state index contributed by atoms with van der Waals surface area (Å²) in [5.41, 5.74) is 2.43. The number of anilines is 1. The van der Waals surface area contributed by atoms with Crippen molar-refractivity contribution in [2.45, 2.75) is 38.5 Å². The molecule has 0 bridgehead atoms. The van der Waals surface area contributed by atoms with Gasteiger partial charge in [0, 0.05) is 17.2 Å². The first-order valence-corrected chi connectivity index (χ1v) is 10.0. The van der Waals surface area contributed by atoms with Crippen molar-refractivity contribution >= 4 is 28.8 Å². The van der Waals surface area contributed by atoms with Crippen LogP contribution in [-0.2, 0) is 10.2 Å². The summed E-state index contributed by atoms with van der Waals surface area (Å²) in [5.74, 6) is -0.891. The Bertz CT molecular complexity index is 1330. The molecule has 0 radical (unpaired) electrons. The molecule has 0 saturated carbocycles. The highest BCUT2D eigenvalue weighted by Gasteiger charge is 2.43. The molecule has 9 nitrogen and oxygen atoms in total. The second-order valence-corrected chi connectivity index (χ2v) is 8.60. The average molecular weight is 441 g/mol. The van der Waals surface area contributed by atoms with Crippen LogP contribution in [0.2, 0.25) is 5.02 Å². The van der Waals surface area contributed by atoms with Crippen LogP contribution in [0, 0.1) is 12.9 Å². The van der Waals surface area contributed by atoms with E-state index in [1.54, 1.807) is 19.2 Å². The lowest BCUT2D eigenvalue weighted by molar-refractivity contribution is -0.117. The summed E-state index contributed by atoms with van der Waals surface area (Å²) in [4.78, 5) is 23.1. The first-order chi connectivity index (χ1) is 14.8. The fourth-order valence-electron chi connectivity index (χ4n) is 4.17. The van der Waals surface area contributed by atoms with Gasteiger partial charge in [-0.05, 0) is 19.4 Å². The molecule has 0 aromatic carbocycles. The molecule has 1 aliphatic carbocycles. The molecular weight excluding hydrogens is 423 g/mol. The number of aryl methyl sites for hydroxylation is 1. The molecule has 4 aromatic rings. The second-order valence-electron chi connectivity index (χ2n) is 8.19. The number of halogens is 2. The standard InChI is InChI=1S/C20H18ClFN8O/c1-10-16(22)28-29-15-13(9-24-17(10)29)12(7-20(15,2)3)19(31)27-11-6-14(21)18(23-8-11)30-25-4-5-26-30/h4-6,8-9,12H,7H2,1-3H3,(H,27,31)/t12-/m1/s1. The van der Waals surface area contributed by atoms with E-state index in [9.17, 15) is 9.18 Å². The third-order valence-corrected chi connectivity index (χ3v) is 5.87. The van der Waals surface area contributed by atoms with Gasteiger partial charge in [-0.2, -0.15) is 14.6 Å². The van der Waals surface area contributed by atoms with Gasteiger partial charge in [-0.15, -0.1) is 9.90 Å². The first-order valence-electron chi connectivity index (χ1n) is 9.63. The molecular formula is C20H18ClFN8O. The number of amides is 1. The summed E-state index contributed by atoms with van der Waals surface area (Å²) in [6.07, 6.45) is 6.72. The molecule has 31 heavy (non-hydrogen) atoms. The van der Waals surface area contributed by atoms with Gasteiger partial charge in [0.15, 0.2) is 11.5 Å². The molecule has 4 aromatic heterocycles. The summed E-state index contributed by atoms with van der Waals surface area (Å²) in [6, 6.07) is 1.60. The molecule has 11 heteroatoms. The minimum atomic E-state index is -0.558. The van der Waals surface area contributed by atoms with Crippen LogP contribution >= 0.6 is 11.6 Å². The summed E-state index contributed by atoms with van der Waals surface area (Å²) in [6.45, 7) is 5.66. The normalized spacial score (nSPS) is 17.1. The minimum Gasteiger partial charge on any atom is -0.324 e. The number of fused-ring (bicyclic) bond motifs is 3. The number of rotatable bonds is 3. The van der Waals surface area contributed by atoms with Gasteiger partial charge in [0.05, 0.1) is 46.5 Å². The van der Waals surface area contributed by atoms with Gasteiger partial charge >= 0.3 is 0 Å². The Kier molecular flexibility index (Phi) is 4.30. The SMILES string of the molecule is Cc1c(F)nn2c3c(cnc12)[C@H](C(=O)Nc1cnc(-n2nccn2)c(Cl)c1)CC3(C)C. The summed E-state index contributed by atoms with van der Waals surface area (Å²) >= 11 is 6.30. The molecule has 5 rings (SSSR count). The number of hydrogen-bond donors (Lipinski definition) is 1. The van der Waals surface area contributed by atoms with Crippen molar-refractivity contribution in [1.82, 2.24) is 34.6 Å². The van der Waals surface area contributed by atoms with Gasteiger partial charge in [0.1, 0.15) is 0 Å². The fourth-order valence-corrected chi connectivity index (χ4v) is 4.41. The monoisotopic (exact) mass is 440 g/mol. The highest BCUT2D eigenvalue weighted by Crippen LogP contribution is 2.46. The lowest BCUT2D eigenvalue weighted by Crippen LogP contribution is -2.21. The summed E-state index contributed by atoms with van der Waals surface area (Å²) in [7, 11) is 0. The maximum absolute atomic E-state index is 14.1. The Morgan fingerprint density at radius 2 is 2.00 bits per heavy atom. The van der Waals surface area contributed by atoms with Crippen molar-refractivity contribution in [3.05, 3.63) is 58.6 Å². The molecule has 0 spiro atoms. The maximum Gasteiger partial charge on any atom is 0.238 e. The fraction of sp³-hybridized carbons (Fsp3) is 0.300. The zero-order chi connectivity index (χ0) is 21.9. The number of aromatic nitrogens is 7. The largest absolute Gasteiger partial charge is 0.324 e. The van der Waals surface area contributed by atoms with Crippen molar-refractivity contribution in [3.8, 4) is 5.82 Å². The van der Waals surface area contributed by atoms with Crippen molar-refractivity contribution in [1.29, 1.82) is 0 Å². The predicted octanol–water partition coefficient (Wildman–Crippen LogP) is 3.21. The Hall–Kier alpha value is -3.40. The van der Waals surface area contributed by atoms with Gasteiger partial charge in [0.25, 0.3) is 0 Å². The van der Waals surface area contributed by atoms with Crippen LogP contribution in [0.15, 0.2) is 30.9 Å². The zero-order valence-corrected chi connectivity index (χ0v) is 17.7. The molecule has 0 aliphatic heterocycles. The minimum absolute atomic E-state index is 0.222. The van der Waals surface area contributed by atoms with Gasteiger partial charge in [-0.3, -0.25) is 4.79 Å². The highest BCUT2D eigenvalue weighted by atomic mass is 35.5. The Morgan fingerprint density at radius 3 is 2.71 bits per heavy atom. The van der Waals surface area contributed by atoms with E-state index in [4.69, 9.17) is 11.6 Å². The summed E-state index contributed by atoms with van der Waals surface area (Å²) < 4.78 is 15.6. The van der Waals surface area contributed by atoms with Gasteiger partial charge in [0.2, 0.25) is 11.9 Å². The highest BCUT2D eigenvalue weighted by molar-refractivity contribution is 6.32. The van der Waals surface area contributed by atoms with E-state index in [1.165, 1.54) is 27.9 Å². The third-order valence-electron chi connectivity index (χ3n) is 5.59. The maximum atomic E-state index is 14.1. The van der Waals surface area contributed by atoms with Crippen molar-refractivity contribution in [3.63, 3.8) is 0 Å². The van der Waals surface area contributed by atoms with Crippen molar-refractivity contribution in [2.75, 3.05) is 5.32 Å². The number of nitrogens with one attached hydrogen (secondary N) is 1. The van der Waals surface area contributed by atoms with Crippen molar-refractivity contribution in [2.24, 2.45) is 0 Å². The molecule has 0 saturated heterocycles. The molecule has 1 amide bonds. The molecule has 1 atom stereocenters. The predicted molar refractivity (Wildman–Crippen MR) is 111 cm³/mol. The first kappa shape index (κ1) is 19.6. The molecule has 0 unspecified atom stereocenters. The van der Waals surface area contributed by atoms with Crippen LogP contribution in [0.1, 0.15) is 43.0 Å². The molecule has 1 aliphatic rings. The van der Waals surface area contributed by atoms with E-state index in [1.807, 2.05) is 13.8 Å². The topological polar surface area (TPSA) is 103 Å². The Labute approximate surface area is 181 Å². The molecule has 1 N–H and O–H groups in total. The second kappa shape index (κ2) is 6.81. The zero-order valence-electron chi connectivity index (χ0n) is 17.0. The van der Waals surface area contributed by atoms with E-state index in [0.717, 1.165) is 11.3 Å². The number of nitrogens with zero attached hydrogens (tertiary/aromatic N) is 7.